The zero-order valence-corrected chi connectivity index (χ0v) is 13.3. The van der Waals surface area contributed by atoms with Gasteiger partial charge < -0.3 is 5.32 Å². The Morgan fingerprint density at radius 1 is 1.22 bits per heavy atom. The Kier molecular flexibility index (Phi) is 5.25. The number of carbonyl (C=O) groups excluding carboxylic acids is 1. The Balaban J connectivity index is 2.00. The van der Waals surface area contributed by atoms with Gasteiger partial charge in [0.15, 0.2) is 5.16 Å². The first-order chi connectivity index (χ1) is 10.7. The lowest BCUT2D eigenvalue weighted by molar-refractivity contribution is -0.141. The first-order valence-corrected chi connectivity index (χ1v) is 7.65. The molecular weight excluding hydrogens is 327 g/mol. The summed E-state index contributed by atoms with van der Waals surface area (Å²) in [6.07, 6.45) is -4.53. The van der Waals surface area contributed by atoms with Crippen LogP contribution in [0.1, 0.15) is 17.0 Å². The van der Waals surface area contributed by atoms with Crippen molar-refractivity contribution < 1.29 is 18.0 Å². The molecule has 23 heavy (non-hydrogen) atoms. The minimum Gasteiger partial charge on any atom is -0.325 e. The Bertz CT molecular complexity index is 719. The molecule has 122 valence electrons. The van der Waals surface area contributed by atoms with E-state index in [1.165, 1.54) is 6.92 Å². The quantitative estimate of drug-likeness (QED) is 0.678. The van der Waals surface area contributed by atoms with Gasteiger partial charge in [-0.2, -0.15) is 13.2 Å². The number of aryl methyl sites for hydroxylation is 2. The molecule has 1 aromatic heterocycles. The van der Waals surface area contributed by atoms with Crippen LogP contribution in [0.5, 0.6) is 0 Å². The lowest BCUT2D eigenvalue weighted by Crippen LogP contribution is -2.15. The Labute approximate surface area is 135 Å². The number of anilines is 1. The van der Waals surface area contributed by atoms with E-state index in [2.05, 4.69) is 15.3 Å². The molecule has 0 fully saturated rings. The fourth-order valence-corrected chi connectivity index (χ4v) is 2.50. The van der Waals surface area contributed by atoms with Crippen molar-refractivity contribution in [3.05, 3.63) is 47.3 Å². The van der Waals surface area contributed by atoms with Gasteiger partial charge in [-0.25, -0.2) is 9.97 Å². The molecule has 1 N–H and O–H groups in total. The highest BCUT2D eigenvalue weighted by Crippen LogP contribution is 2.29. The van der Waals surface area contributed by atoms with Gasteiger partial charge >= 0.3 is 6.18 Å². The second-order valence-corrected chi connectivity index (χ2v) is 5.82. The molecule has 4 nitrogen and oxygen atoms in total. The van der Waals surface area contributed by atoms with Gasteiger partial charge in [0.2, 0.25) is 5.91 Å². The van der Waals surface area contributed by atoms with Crippen LogP contribution < -0.4 is 5.32 Å². The van der Waals surface area contributed by atoms with Gasteiger partial charge in [0.25, 0.3) is 0 Å². The summed E-state index contributed by atoms with van der Waals surface area (Å²) in [5.41, 5.74) is 0.824. The maximum Gasteiger partial charge on any atom is 0.433 e. The van der Waals surface area contributed by atoms with Gasteiger partial charge in [-0.15, -0.1) is 0 Å². The van der Waals surface area contributed by atoms with Crippen LogP contribution in [0.4, 0.5) is 18.9 Å². The van der Waals surface area contributed by atoms with Crippen LogP contribution in [-0.4, -0.2) is 21.6 Å². The summed E-state index contributed by atoms with van der Waals surface area (Å²) in [5, 5.41) is 2.60. The summed E-state index contributed by atoms with van der Waals surface area (Å²) >= 11 is 0.862. The number of benzene rings is 1. The van der Waals surface area contributed by atoms with Gasteiger partial charge in [-0.1, -0.05) is 23.9 Å². The molecule has 2 rings (SSSR count). The van der Waals surface area contributed by atoms with E-state index in [0.717, 1.165) is 23.4 Å². The van der Waals surface area contributed by atoms with Crippen molar-refractivity contribution in [1.29, 1.82) is 0 Å². The lowest BCUT2D eigenvalue weighted by Gasteiger charge is -2.09. The number of nitrogens with zero attached hydrogens (tertiary/aromatic N) is 2. The van der Waals surface area contributed by atoms with Crippen molar-refractivity contribution in [2.75, 3.05) is 11.1 Å². The number of thioether (sulfide) groups is 1. The molecule has 1 heterocycles. The molecule has 0 aliphatic rings. The Hall–Kier alpha value is -2.09. The summed E-state index contributed by atoms with van der Waals surface area (Å²) in [6, 6.07) is 8.10. The van der Waals surface area contributed by atoms with Crippen molar-refractivity contribution in [2.45, 2.75) is 25.2 Å². The monoisotopic (exact) mass is 341 g/mol. The second kappa shape index (κ2) is 6.99. The van der Waals surface area contributed by atoms with Crippen molar-refractivity contribution in [2.24, 2.45) is 0 Å². The molecule has 0 saturated heterocycles. The first-order valence-electron chi connectivity index (χ1n) is 6.66. The van der Waals surface area contributed by atoms with Gasteiger partial charge in [-0.3, -0.25) is 4.79 Å². The average molecular weight is 341 g/mol. The number of rotatable bonds is 4. The zero-order chi connectivity index (χ0) is 17.0. The van der Waals surface area contributed by atoms with Crippen molar-refractivity contribution in [3.8, 4) is 0 Å². The molecule has 0 aliphatic carbocycles. The minimum absolute atomic E-state index is 0.0725. The number of halogens is 3. The molecule has 0 radical (unpaired) electrons. The van der Waals surface area contributed by atoms with Crippen LogP contribution in [0.3, 0.4) is 0 Å². The van der Waals surface area contributed by atoms with Gasteiger partial charge in [-0.05, 0) is 37.6 Å². The number of nitrogens with one attached hydrogen (secondary N) is 1. The second-order valence-electron chi connectivity index (χ2n) is 4.88. The van der Waals surface area contributed by atoms with E-state index in [0.29, 0.717) is 5.69 Å². The van der Waals surface area contributed by atoms with E-state index in [1.54, 1.807) is 18.2 Å². The summed E-state index contributed by atoms with van der Waals surface area (Å²) in [4.78, 5) is 19.2. The van der Waals surface area contributed by atoms with Crippen molar-refractivity contribution in [3.63, 3.8) is 0 Å². The van der Waals surface area contributed by atoms with Crippen LogP contribution >= 0.6 is 11.8 Å². The highest BCUT2D eigenvalue weighted by Gasteiger charge is 2.33. The molecule has 0 aliphatic heterocycles. The number of aromatic nitrogens is 2. The predicted octanol–water partition coefficient (Wildman–Crippen LogP) is 3.84. The van der Waals surface area contributed by atoms with Crippen LogP contribution in [0.25, 0.3) is 0 Å². The molecule has 8 heteroatoms. The highest BCUT2D eigenvalue weighted by molar-refractivity contribution is 7.99. The summed E-state index contributed by atoms with van der Waals surface area (Å²) in [7, 11) is 0. The molecule has 1 amide bonds. The standard InChI is InChI=1S/C15H14F3N3OS/c1-9-4-3-5-11(6-9)20-13(22)8-23-14-19-10(2)7-12(21-14)15(16,17)18/h3-7H,8H2,1-2H3,(H,20,22). The SMILES string of the molecule is Cc1cccc(NC(=O)CSc2nc(C)cc(C(F)(F)F)n2)c1. The van der Waals surface area contributed by atoms with Gasteiger partial charge in [0.1, 0.15) is 5.69 Å². The third-order valence-corrected chi connectivity index (χ3v) is 3.61. The number of amides is 1. The van der Waals surface area contributed by atoms with Crippen LogP contribution in [0.15, 0.2) is 35.5 Å². The number of carbonyl (C=O) groups is 1. The van der Waals surface area contributed by atoms with Gasteiger partial charge in [0, 0.05) is 11.4 Å². The normalized spacial score (nSPS) is 11.3. The van der Waals surface area contributed by atoms with Crippen LogP contribution in [0, 0.1) is 13.8 Å². The summed E-state index contributed by atoms with van der Waals surface area (Å²) < 4.78 is 38.1. The maximum absolute atomic E-state index is 12.7. The Morgan fingerprint density at radius 2 is 1.96 bits per heavy atom. The molecule has 0 bridgehead atoms. The third kappa shape index (κ3) is 5.24. The van der Waals surface area contributed by atoms with Crippen molar-refractivity contribution in [1.82, 2.24) is 9.97 Å². The predicted molar refractivity (Wildman–Crippen MR) is 82.3 cm³/mol. The maximum atomic E-state index is 12.7. The average Bonchev–Trinajstić information content (AvgIpc) is 2.44. The number of alkyl halides is 3. The highest BCUT2D eigenvalue weighted by atomic mass is 32.2. The largest absolute Gasteiger partial charge is 0.433 e. The fourth-order valence-electron chi connectivity index (χ4n) is 1.80. The number of hydrogen-bond acceptors (Lipinski definition) is 4. The van der Waals surface area contributed by atoms with E-state index in [-0.39, 0.29) is 22.5 Å². The van der Waals surface area contributed by atoms with E-state index >= 15 is 0 Å². The molecule has 2 aromatic rings. The van der Waals surface area contributed by atoms with E-state index < -0.39 is 11.9 Å². The van der Waals surface area contributed by atoms with E-state index in [1.807, 2.05) is 13.0 Å². The van der Waals surface area contributed by atoms with Crippen molar-refractivity contribution >= 4 is 23.4 Å². The van der Waals surface area contributed by atoms with Crippen LogP contribution in [-0.2, 0) is 11.0 Å². The van der Waals surface area contributed by atoms with Crippen LogP contribution in [0.2, 0.25) is 0 Å². The lowest BCUT2D eigenvalue weighted by atomic mass is 10.2. The fraction of sp³-hybridized carbons (Fsp3) is 0.267. The summed E-state index contributed by atoms with van der Waals surface area (Å²) in [6.45, 7) is 3.34. The molecule has 0 unspecified atom stereocenters. The molecule has 0 atom stereocenters. The number of hydrogen-bond donors (Lipinski definition) is 1. The molecule has 0 spiro atoms. The molecular formula is C15H14F3N3OS. The topological polar surface area (TPSA) is 54.9 Å². The zero-order valence-electron chi connectivity index (χ0n) is 12.4. The first kappa shape index (κ1) is 17.3. The van der Waals surface area contributed by atoms with E-state index in [9.17, 15) is 18.0 Å². The Morgan fingerprint density at radius 3 is 2.61 bits per heavy atom. The third-order valence-electron chi connectivity index (χ3n) is 2.76. The molecule has 1 aromatic carbocycles. The van der Waals surface area contributed by atoms with E-state index in [4.69, 9.17) is 0 Å². The summed E-state index contributed by atoms with van der Waals surface area (Å²) in [5.74, 6) is -0.409. The molecule has 0 saturated carbocycles. The minimum atomic E-state index is -4.53. The van der Waals surface area contributed by atoms with Gasteiger partial charge in [0.05, 0.1) is 5.75 Å². The smallest absolute Gasteiger partial charge is 0.325 e.